The Labute approximate surface area is 207 Å². The van der Waals surface area contributed by atoms with E-state index in [1.165, 1.54) is 16.7 Å². The number of rotatable bonds is 8. The van der Waals surface area contributed by atoms with Gasteiger partial charge >= 0.3 is 0 Å². The van der Waals surface area contributed by atoms with E-state index >= 15 is 0 Å². The molecule has 0 radical (unpaired) electrons. The van der Waals surface area contributed by atoms with Crippen molar-refractivity contribution in [3.63, 3.8) is 0 Å². The number of aromatic nitrogens is 5. The molecule has 7 nitrogen and oxygen atoms in total. The van der Waals surface area contributed by atoms with Gasteiger partial charge in [-0.1, -0.05) is 48.4 Å². The minimum absolute atomic E-state index is 0.0263. The van der Waals surface area contributed by atoms with E-state index in [-0.39, 0.29) is 17.1 Å². The first-order valence-corrected chi connectivity index (χ1v) is 12.4. The van der Waals surface area contributed by atoms with Crippen LogP contribution in [-0.2, 0) is 18.5 Å². The fourth-order valence-corrected chi connectivity index (χ4v) is 4.68. The Hall–Kier alpha value is -3.32. The smallest absolute Gasteiger partial charge is 0.252 e. The van der Waals surface area contributed by atoms with Crippen LogP contribution in [0.1, 0.15) is 68.2 Å². The van der Waals surface area contributed by atoms with Crippen LogP contribution < -0.4 is 5.56 Å². The van der Waals surface area contributed by atoms with E-state index in [1.807, 2.05) is 22.9 Å². The number of pyridine rings is 1. The summed E-state index contributed by atoms with van der Waals surface area (Å²) in [5.74, 6) is 0.831. The molecule has 0 aliphatic carbocycles. The standard InChI is InChI=1S/C28H36N6O/c1-7-25(26-30-31-32-34(26)28(4,5)6)33(14-13-21-10-8-9-19(2)15-21)18-23-17-22-16-20(3)11-12-24(22)29-27(23)35/h8-12,15-17,25H,7,13-14,18H2,1-6H3,(H,29,35). The highest BCUT2D eigenvalue weighted by Crippen LogP contribution is 2.28. The van der Waals surface area contributed by atoms with E-state index in [1.54, 1.807) is 0 Å². The van der Waals surface area contributed by atoms with Gasteiger partial charge < -0.3 is 4.98 Å². The number of fused-ring (bicyclic) bond motifs is 1. The van der Waals surface area contributed by atoms with Crippen molar-refractivity contribution in [2.24, 2.45) is 0 Å². The predicted octanol–water partition coefficient (Wildman–Crippen LogP) is 5.08. The molecule has 0 saturated carbocycles. The van der Waals surface area contributed by atoms with Crippen LogP contribution in [0.2, 0.25) is 0 Å². The zero-order valence-corrected chi connectivity index (χ0v) is 21.7. The number of hydrogen-bond donors (Lipinski definition) is 1. The second-order valence-electron chi connectivity index (χ2n) is 10.5. The van der Waals surface area contributed by atoms with Crippen LogP contribution in [0.4, 0.5) is 0 Å². The number of H-pyrrole nitrogens is 1. The van der Waals surface area contributed by atoms with Crippen molar-refractivity contribution in [2.45, 2.75) is 72.5 Å². The lowest BCUT2D eigenvalue weighted by Gasteiger charge is -2.32. The molecular formula is C28H36N6O. The van der Waals surface area contributed by atoms with E-state index in [0.717, 1.165) is 41.7 Å². The summed E-state index contributed by atoms with van der Waals surface area (Å²) >= 11 is 0. The molecule has 35 heavy (non-hydrogen) atoms. The first-order chi connectivity index (χ1) is 16.7. The van der Waals surface area contributed by atoms with E-state index in [4.69, 9.17) is 0 Å². The number of nitrogens with one attached hydrogen (secondary N) is 1. The monoisotopic (exact) mass is 472 g/mol. The summed E-state index contributed by atoms with van der Waals surface area (Å²) in [4.78, 5) is 18.5. The van der Waals surface area contributed by atoms with Crippen LogP contribution in [0.5, 0.6) is 0 Å². The highest BCUT2D eigenvalue weighted by molar-refractivity contribution is 5.79. The van der Waals surface area contributed by atoms with Crippen molar-refractivity contribution in [2.75, 3.05) is 6.54 Å². The number of aryl methyl sites for hydroxylation is 2. The van der Waals surface area contributed by atoms with Gasteiger partial charge in [0.05, 0.1) is 11.6 Å². The third-order valence-corrected chi connectivity index (χ3v) is 6.47. The lowest BCUT2D eigenvalue weighted by Crippen LogP contribution is -2.36. The quantitative estimate of drug-likeness (QED) is 0.387. The van der Waals surface area contributed by atoms with Crippen LogP contribution in [0, 0.1) is 13.8 Å². The average molecular weight is 473 g/mol. The topological polar surface area (TPSA) is 79.7 Å². The van der Waals surface area contributed by atoms with Gasteiger partial charge in [0.2, 0.25) is 0 Å². The van der Waals surface area contributed by atoms with Crippen molar-refractivity contribution in [1.29, 1.82) is 0 Å². The van der Waals surface area contributed by atoms with Crippen molar-refractivity contribution in [1.82, 2.24) is 30.1 Å². The third kappa shape index (κ3) is 5.68. The highest BCUT2D eigenvalue weighted by Gasteiger charge is 2.29. The average Bonchev–Trinajstić information content (AvgIpc) is 3.29. The second kappa shape index (κ2) is 10.1. The first-order valence-electron chi connectivity index (χ1n) is 12.4. The Balaban J connectivity index is 1.72. The maximum atomic E-state index is 13.1. The summed E-state index contributed by atoms with van der Waals surface area (Å²) in [6.07, 6.45) is 1.70. The van der Waals surface area contributed by atoms with Gasteiger partial charge in [-0.3, -0.25) is 9.69 Å². The fraction of sp³-hybridized carbons (Fsp3) is 0.429. The number of benzene rings is 2. The molecule has 2 aromatic heterocycles. The molecule has 0 aliphatic heterocycles. The van der Waals surface area contributed by atoms with Crippen LogP contribution in [-0.4, -0.2) is 36.6 Å². The summed E-state index contributed by atoms with van der Waals surface area (Å²) in [6, 6.07) is 16.7. The summed E-state index contributed by atoms with van der Waals surface area (Å²) in [7, 11) is 0. The van der Waals surface area contributed by atoms with Gasteiger partial charge in [-0.2, -0.15) is 0 Å². The molecule has 0 saturated heterocycles. The molecular weight excluding hydrogens is 436 g/mol. The Morgan fingerprint density at radius 2 is 1.83 bits per heavy atom. The minimum atomic E-state index is -0.244. The van der Waals surface area contributed by atoms with Crippen LogP contribution >= 0.6 is 0 Å². The molecule has 4 rings (SSSR count). The zero-order valence-electron chi connectivity index (χ0n) is 21.7. The first kappa shape index (κ1) is 24.8. The van der Waals surface area contributed by atoms with E-state index < -0.39 is 0 Å². The molecule has 0 spiro atoms. The molecule has 184 valence electrons. The van der Waals surface area contributed by atoms with Gasteiger partial charge in [0.15, 0.2) is 5.82 Å². The molecule has 0 amide bonds. The summed E-state index contributed by atoms with van der Waals surface area (Å²) in [5.41, 5.74) is 5.02. The molecule has 2 heterocycles. The van der Waals surface area contributed by atoms with Gasteiger partial charge in [0, 0.05) is 24.2 Å². The van der Waals surface area contributed by atoms with Gasteiger partial charge in [0.1, 0.15) is 0 Å². The van der Waals surface area contributed by atoms with Gasteiger partial charge in [-0.15, -0.1) is 5.10 Å². The number of hydrogen-bond acceptors (Lipinski definition) is 5. The Kier molecular flexibility index (Phi) is 7.17. The largest absolute Gasteiger partial charge is 0.322 e. The predicted molar refractivity (Wildman–Crippen MR) is 140 cm³/mol. The second-order valence-corrected chi connectivity index (χ2v) is 10.5. The maximum absolute atomic E-state index is 13.1. The van der Waals surface area contributed by atoms with Crippen molar-refractivity contribution in [3.05, 3.63) is 87.0 Å². The van der Waals surface area contributed by atoms with Gasteiger partial charge in [-0.25, -0.2) is 4.68 Å². The number of tetrazole rings is 1. The van der Waals surface area contributed by atoms with Gasteiger partial charge in [-0.05, 0) is 87.0 Å². The van der Waals surface area contributed by atoms with Crippen LogP contribution in [0.15, 0.2) is 53.3 Å². The van der Waals surface area contributed by atoms with Crippen LogP contribution in [0.3, 0.4) is 0 Å². The molecule has 1 unspecified atom stereocenters. The Morgan fingerprint density at radius 3 is 2.54 bits per heavy atom. The van der Waals surface area contributed by atoms with Gasteiger partial charge in [0.25, 0.3) is 5.56 Å². The SMILES string of the molecule is CCC(c1nnnn1C(C)(C)C)N(CCc1cccc(C)c1)Cc1cc2cc(C)ccc2[nH]c1=O. The minimum Gasteiger partial charge on any atom is -0.322 e. The molecule has 0 aliphatic rings. The molecule has 1 atom stereocenters. The van der Waals surface area contributed by atoms with E-state index in [0.29, 0.717) is 6.54 Å². The van der Waals surface area contributed by atoms with Crippen molar-refractivity contribution >= 4 is 10.9 Å². The van der Waals surface area contributed by atoms with Crippen molar-refractivity contribution < 1.29 is 0 Å². The number of aromatic amines is 1. The third-order valence-electron chi connectivity index (χ3n) is 6.47. The molecule has 0 bridgehead atoms. The summed E-state index contributed by atoms with van der Waals surface area (Å²) in [6.45, 7) is 13.9. The maximum Gasteiger partial charge on any atom is 0.252 e. The normalized spacial score (nSPS) is 13.0. The molecule has 7 heteroatoms. The molecule has 4 aromatic rings. The molecule has 0 fully saturated rings. The highest BCUT2D eigenvalue weighted by atomic mass is 16.1. The Bertz CT molecular complexity index is 1360. The lowest BCUT2D eigenvalue weighted by molar-refractivity contribution is 0.163. The van der Waals surface area contributed by atoms with Crippen LogP contribution in [0.25, 0.3) is 10.9 Å². The van der Waals surface area contributed by atoms with E-state index in [9.17, 15) is 4.79 Å². The number of nitrogens with zero attached hydrogens (tertiary/aromatic N) is 5. The summed E-state index contributed by atoms with van der Waals surface area (Å²) < 4.78 is 1.91. The van der Waals surface area contributed by atoms with E-state index in [2.05, 4.69) is 97.3 Å². The fourth-order valence-electron chi connectivity index (χ4n) is 4.68. The van der Waals surface area contributed by atoms with Crippen molar-refractivity contribution in [3.8, 4) is 0 Å². The lowest BCUT2D eigenvalue weighted by atomic mass is 10.0. The molecule has 2 aromatic carbocycles. The Morgan fingerprint density at radius 1 is 1.06 bits per heavy atom. The zero-order chi connectivity index (χ0) is 25.2. The molecule has 1 N–H and O–H groups in total. The summed E-state index contributed by atoms with van der Waals surface area (Å²) in [5, 5.41) is 13.8.